The zero-order chi connectivity index (χ0) is 16.9. The summed E-state index contributed by atoms with van der Waals surface area (Å²) in [4.78, 5) is 24.0. The van der Waals surface area contributed by atoms with Crippen molar-refractivity contribution in [3.8, 4) is 11.5 Å². The van der Waals surface area contributed by atoms with Gasteiger partial charge in [-0.1, -0.05) is 0 Å². The molecule has 7 nitrogen and oxygen atoms in total. The van der Waals surface area contributed by atoms with Crippen molar-refractivity contribution in [1.29, 1.82) is 0 Å². The highest BCUT2D eigenvalue weighted by Crippen LogP contribution is 2.30. The molecule has 0 aliphatic carbocycles. The summed E-state index contributed by atoms with van der Waals surface area (Å²) < 4.78 is 15.5. The number of ether oxygens (including phenoxy) is 3. The van der Waals surface area contributed by atoms with Gasteiger partial charge in [0, 0.05) is 19.8 Å². The summed E-state index contributed by atoms with van der Waals surface area (Å²) in [6, 6.07) is 4.88. The monoisotopic (exact) mass is 323 g/mol. The Hall–Kier alpha value is -2.28. The summed E-state index contributed by atoms with van der Waals surface area (Å²) in [7, 11) is 2.97. The summed E-state index contributed by atoms with van der Waals surface area (Å²) in [5.41, 5.74) is -0.681. The van der Waals surface area contributed by atoms with E-state index in [1.807, 2.05) is 0 Å². The van der Waals surface area contributed by atoms with E-state index in [0.29, 0.717) is 43.1 Å². The molecule has 0 aromatic heterocycles. The van der Waals surface area contributed by atoms with Gasteiger partial charge in [0.2, 0.25) is 0 Å². The summed E-state index contributed by atoms with van der Waals surface area (Å²) in [5.74, 6) is -0.388. The molecule has 0 atom stereocenters. The highest BCUT2D eigenvalue weighted by atomic mass is 16.5. The molecule has 1 aliphatic heterocycles. The maximum Gasteiger partial charge on any atom is 0.311 e. The number of benzene rings is 1. The zero-order valence-electron chi connectivity index (χ0n) is 13.3. The van der Waals surface area contributed by atoms with Crippen molar-refractivity contribution in [2.45, 2.75) is 12.8 Å². The second kappa shape index (κ2) is 7.32. The minimum atomic E-state index is -0.986. The van der Waals surface area contributed by atoms with E-state index in [4.69, 9.17) is 14.2 Å². The van der Waals surface area contributed by atoms with Gasteiger partial charge in [-0.05, 0) is 31.0 Å². The number of carboxylic acid groups (broad SMARTS) is 1. The molecule has 1 heterocycles. The first kappa shape index (κ1) is 17.1. The fourth-order valence-electron chi connectivity index (χ4n) is 2.56. The SMILES string of the molecule is COc1ccc(OC)c(C(=O)NCC2(C(=O)O)CCOCC2)c1. The van der Waals surface area contributed by atoms with Gasteiger partial charge < -0.3 is 24.6 Å². The summed E-state index contributed by atoms with van der Waals surface area (Å²) in [6.45, 7) is 0.806. The third-order valence-electron chi connectivity index (χ3n) is 4.14. The maximum atomic E-state index is 12.4. The van der Waals surface area contributed by atoms with Crippen molar-refractivity contribution in [3.05, 3.63) is 23.8 Å². The molecular weight excluding hydrogens is 302 g/mol. The van der Waals surface area contributed by atoms with Crippen LogP contribution in [0.25, 0.3) is 0 Å². The lowest BCUT2D eigenvalue weighted by Crippen LogP contribution is -2.46. The molecule has 0 saturated carbocycles. The quantitative estimate of drug-likeness (QED) is 0.820. The Balaban J connectivity index is 2.13. The Kier molecular flexibility index (Phi) is 5.44. The Morgan fingerprint density at radius 1 is 1.26 bits per heavy atom. The highest BCUT2D eigenvalue weighted by molar-refractivity contribution is 5.97. The first-order valence-corrected chi connectivity index (χ1v) is 7.34. The molecule has 126 valence electrons. The molecule has 0 bridgehead atoms. The van der Waals surface area contributed by atoms with E-state index in [1.54, 1.807) is 18.2 Å². The summed E-state index contributed by atoms with van der Waals surface area (Å²) >= 11 is 0. The Bertz CT molecular complexity index is 580. The maximum absolute atomic E-state index is 12.4. The van der Waals surface area contributed by atoms with Crippen LogP contribution in [-0.2, 0) is 9.53 Å². The molecule has 0 radical (unpaired) electrons. The predicted octanol–water partition coefficient (Wildman–Crippen LogP) is 1.31. The molecule has 1 aliphatic rings. The number of aliphatic carboxylic acids is 1. The van der Waals surface area contributed by atoms with Crippen LogP contribution in [0.3, 0.4) is 0 Å². The topological polar surface area (TPSA) is 94.1 Å². The minimum Gasteiger partial charge on any atom is -0.497 e. The lowest BCUT2D eigenvalue weighted by atomic mass is 9.80. The average molecular weight is 323 g/mol. The van der Waals surface area contributed by atoms with E-state index < -0.39 is 17.3 Å². The van der Waals surface area contributed by atoms with Crippen LogP contribution in [0, 0.1) is 5.41 Å². The second-order valence-corrected chi connectivity index (χ2v) is 5.45. The molecule has 23 heavy (non-hydrogen) atoms. The third-order valence-corrected chi connectivity index (χ3v) is 4.14. The van der Waals surface area contributed by atoms with E-state index >= 15 is 0 Å². The van der Waals surface area contributed by atoms with Gasteiger partial charge in [0.05, 0.1) is 25.2 Å². The van der Waals surface area contributed by atoms with Crippen LogP contribution in [0.2, 0.25) is 0 Å². The van der Waals surface area contributed by atoms with Crippen molar-refractivity contribution in [3.63, 3.8) is 0 Å². The molecule has 7 heteroatoms. The van der Waals surface area contributed by atoms with E-state index in [1.165, 1.54) is 14.2 Å². The molecule has 0 unspecified atom stereocenters. The second-order valence-electron chi connectivity index (χ2n) is 5.45. The number of carbonyl (C=O) groups is 2. The smallest absolute Gasteiger partial charge is 0.311 e. The van der Waals surface area contributed by atoms with Gasteiger partial charge in [-0.25, -0.2) is 0 Å². The molecule has 2 rings (SSSR count). The van der Waals surface area contributed by atoms with Crippen molar-refractivity contribution < 1.29 is 28.9 Å². The highest BCUT2D eigenvalue weighted by Gasteiger charge is 2.40. The van der Waals surface area contributed by atoms with Crippen LogP contribution in [-0.4, -0.2) is 51.0 Å². The molecule has 2 N–H and O–H groups in total. The summed E-state index contributed by atoms with van der Waals surface area (Å²) in [5, 5.41) is 12.2. The van der Waals surface area contributed by atoms with Crippen LogP contribution in [0.1, 0.15) is 23.2 Å². The normalized spacial score (nSPS) is 16.4. The number of carboxylic acids is 1. The lowest BCUT2D eigenvalue weighted by Gasteiger charge is -2.33. The van der Waals surface area contributed by atoms with E-state index in [0.717, 1.165) is 0 Å². The van der Waals surface area contributed by atoms with Crippen molar-refractivity contribution >= 4 is 11.9 Å². The van der Waals surface area contributed by atoms with Crippen molar-refractivity contribution in [2.75, 3.05) is 34.0 Å². The van der Waals surface area contributed by atoms with Crippen LogP contribution in [0.15, 0.2) is 18.2 Å². The number of hydrogen-bond acceptors (Lipinski definition) is 5. The largest absolute Gasteiger partial charge is 0.497 e. The van der Waals surface area contributed by atoms with E-state index in [-0.39, 0.29) is 6.54 Å². The molecule has 1 fully saturated rings. The zero-order valence-corrected chi connectivity index (χ0v) is 13.3. The number of hydrogen-bond donors (Lipinski definition) is 2. The first-order chi connectivity index (χ1) is 11.0. The minimum absolute atomic E-state index is 0.0465. The van der Waals surface area contributed by atoms with Crippen LogP contribution in [0.4, 0.5) is 0 Å². The molecule has 1 saturated heterocycles. The standard InChI is InChI=1S/C16H21NO6/c1-21-11-3-4-13(22-2)12(9-11)14(18)17-10-16(15(19)20)5-7-23-8-6-16/h3-4,9H,5-8,10H2,1-2H3,(H,17,18)(H,19,20). The third kappa shape index (κ3) is 3.73. The van der Waals surface area contributed by atoms with Crippen LogP contribution >= 0.6 is 0 Å². The van der Waals surface area contributed by atoms with Crippen LogP contribution in [0.5, 0.6) is 11.5 Å². The van der Waals surface area contributed by atoms with Gasteiger partial charge in [-0.3, -0.25) is 9.59 Å². The number of amides is 1. The van der Waals surface area contributed by atoms with E-state index in [2.05, 4.69) is 5.32 Å². The molecule has 0 spiro atoms. The van der Waals surface area contributed by atoms with Gasteiger partial charge >= 0.3 is 5.97 Å². The number of carbonyl (C=O) groups excluding carboxylic acids is 1. The van der Waals surface area contributed by atoms with Gasteiger partial charge in [0.1, 0.15) is 11.5 Å². The molecular formula is C16H21NO6. The fourth-order valence-corrected chi connectivity index (χ4v) is 2.56. The Morgan fingerprint density at radius 2 is 1.96 bits per heavy atom. The van der Waals surface area contributed by atoms with Gasteiger partial charge in [0.25, 0.3) is 5.91 Å². The Morgan fingerprint density at radius 3 is 2.52 bits per heavy atom. The van der Waals surface area contributed by atoms with Crippen molar-refractivity contribution in [2.24, 2.45) is 5.41 Å². The van der Waals surface area contributed by atoms with Crippen molar-refractivity contribution in [1.82, 2.24) is 5.32 Å². The van der Waals surface area contributed by atoms with Crippen LogP contribution < -0.4 is 14.8 Å². The molecule has 1 aromatic rings. The number of rotatable bonds is 6. The fraction of sp³-hybridized carbons (Fsp3) is 0.500. The molecule has 1 aromatic carbocycles. The predicted molar refractivity (Wildman–Crippen MR) is 82.0 cm³/mol. The number of nitrogens with one attached hydrogen (secondary N) is 1. The van der Waals surface area contributed by atoms with E-state index in [9.17, 15) is 14.7 Å². The van der Waals surface area contributed by atoms with Gasteiger partial charge in [-0.15, -0.1) is 0 Å². The molecule has 1 amide bonds. The lowest BCUT2D eigenvalue weighted by molar-refractivity contribution is -0.154. The first-order valence-electron chi connectivity index (χ1n) is 7.34. The Labute approximate surface area is 134 Å². The van der Waals surface area contributed by atoms with Gasteiger partial charge in [-0.2, -0.15) is 0 Å². The van der Waals surface area contributed by atoms with Gasteiger partial charge in [0.15, 0.2) is 0 Å². The average Bonchev–Trinajstić information content (AvgIpc) is 2.59. The number of methoxy groups -OCH3 is 2. The summed E-state index contributed by atoms with van der Waals surface area (Å²) in [6.07, 6.45) is 0.746.